The minimum atomic E-state index is -0.705. The lowest BCUT2D eigenvalue weighted by atomic mass is 9.92. The average molecular weight is 441 g/mol. The standard InChI is InChI=1S/C22H25F2N7O/c1-3-31-22(32-18-8-16(23)7-17(24)9-18)28-21(29-31)27-20-14-4-5-15(20)11-30(10-14)19-6-13(2)25-12-26-19/h6-9,12,14-15,20H,3-5,10-11H2,1-2H3,(H,27,29)/t14-,15+,20+. The average Bonchev–Trinajstić information content (AvgIpc) is 3.22. The van der Waals surface area contributed by atoms with Crippen LogP contribution in [0, 0.1) is 30.4 Å². The molecule has 5 rings (SSSR count). The van der Waals surface area contributed by atoms with Gasteiger partial charge in [0.1, 0.15) is 29.5 Å². The van der Waals surface area contributed by atoms with E-state index in [1.807, 2.05) is 19.9 Å². The molecule has 1 saturated carbocycles. The van der Waals surface area contributed by atoms with Crippen molar-refractivity contribution in [2.45, 2.75) is 39.3 Å². The fraction of sp³-hybridized carbons (Fsp3) is 0.455. The molecule has 3 heterocycles. The lowest BCUT2D eigenvalue weighted by Gasteiger charge is -2.38. The minimum Gasteiger partial charge on any atom is -0.424 e. The first-order chi connectivity index (χ1) is 15.5. The van der Waals surface area contributed by atoms with E-state index in [2.05, 4.69) is 30.3 Å². The highest BCUT2D eigenvalue weighted by molar-refractivity contribution is 5.42. The second-order valence-electron chi connectivity index (χ2n) is 8.43. The largest absolute Gasteiger partial charge is 0.424 e. The molecule has 1 N–H and O–H groups in total. The summed E-state index contributed by atoms with van der Waals surface area (Å²) in [6, 6.07) is 5.51. The summed E-state index contributed by atoms with van der Waals surface area (Å²) in [6.45, 7) is 6.21. The Kier molecular flexibility index (Phi) is 5.36. The number of piperidine rings is 1. The van der Waals surface area contributed by atoms with Crippen LogP contribution in [0.15, 0.2) is 30.6 Å². The maximum atomic E-state index is 13.5. The normalized spacial score (nSPS) is 22.2. The van der Waals surface area contributed by atoms with Crippen molar-refractivity contribution in [3.05, 3.63) is 47.9 Å². The lowest BCUT2D eigenvalue weighted by molar-refractivity contribution is 0.374. The number of aryl methyl sites for hydroxylation is 2. The van der Waals surface area contributed by atoms with E-state index in [1.165, 1.54) is 0 Å². The molecular weight excluding hydrogens is 416 g/mol. The molecule has 168 valence electrons. The highest BCUT2D eigenvalue weighted by atomic mass is 19.1. The molecule has 0 unspecified atom stereocenters. The summed E-state index contributed by atoms with van der Waals surface area (Å²) in [5.74, 6) is 0.959. The summed E-state index contributed by atoms with van der Waals surface area (Å²) in [4.78, 5) is 15.4. The second-order valence-corrected chi connectivity index (χ2v) is 8.43. The van der Waals surface area contributed by atoms with Gasteiger partial charge in [0.25, 0.3) is 0 Å². The zero-order valence-electron chi connectivity index (χ0n) is 18.0. The third-order valence-corrected chi connectivity index (χ3v) is 6.23. The Balaban J connectivity index is 1.30. The molecule has 1 aromatic carbocycles. The zero-order chi connectivity index (χ0) is 22.2. The summed E-state index contributed by atoms with van der Waals surface area (Å²) < 4.78 is 34.2. The van der Waals surface area contributed by atoms with Crippen LogP contribution < -0.4 is 15.0 Å². The topological polar surface area (TPSA) is 81.0 Å². The number of hydrogen-bond acceptors (Lipinski definition) is 7. The molecule has 1 aliphatic heterocycles. The molecule has 2 bridgehead atoms. The van der Waals surface area contributed by atoms with Crippen LogP contribution in [0.2, 0.25) is 0 Å². The van der Waals surface area contributed by atoms with E-state index in [-0.39, 0.29) is 17.8 Å². The second kappa shape index (κ2) is 8.33. The number of hydrogen-bond donors (Lipinski definition) is 1. The minimum absolute atomic E-state index is 0.0460. The van der Waals surface area contributed by atoms with E-state index in [0.29, 0.717) is 24.3 Å². The molecule has 10 heteroatoms. The number of benzene rings is 1. The molecule has 0 amide bonds. The van der Waals surface area contributed by atoms with Gasteiger partial charge < -0.3 is 15.0 Å². The van der Waals surface area contributed by atoms with Gasteiger partial charge in [-0.2, -0.15) is 4.98 Å². The van der Waals surface area contributed by atoms with Crippen LogP contribution in [0.5, 0.6) is 11.8 Å². The maximum Gasteiger partial charge on any atom is 0.322 e. The summed E-state index contributed by atoms with van der Waals surface area (Å²) in [6.07, 6.45) is 3.87. The van der Waals surface area contributed by atoms with Crippen molar-refractivity contribution >= 4 is 11.8 Å². The summed E-state index contributed by atoms with van der Waals surface area (Å²) in [7, 11) is 0. The van der Waals surface area contributed by atoms with Gasteiger partial charge in [0, 0.05) is 55.6 Å². The number of ether oxygens (including phenoxy) is 1. The Morgan fingerprint density at radius 3 is 2.44 bits per heavy atom. The molecule has 3 aromatic rings. The number of halogens is 2. The van der Waals surface area contributed by atoms with Crippen molar-refractivity contribution in [3.8, 4) is 11.8 Å². The van der Waals surface area contributed by atoms with E-state index in [1.54, 1.807) is 11.0 Å². The van der Waals surface area contributed by atoms with Crippen molar-refractivity contribution in [2.75, 3.05) is 23.3 Å². The van der Waals surface area contributed by atoms with Gasteiger partial charge in [-0.25, -0.2) is 23.4 Å². The summed E-state index contributed by atoms with van der Waals surface area (Å²) >= 11 is 0. The van der Waals surface area contributed by atoms with E-state index >= 15 is 0 Å². The molecule has 1 aliphatic carbocycles. The van der Waals surface area contributed by atoms with Crippen LogP contribution in [-0.2, 0) is 6.54 Å². The summed E-state index contributed by atoms with van der Waals surface area (Å²) in [5, 5.41) is 8.00. The van der Waals surface area contributed by atoms with Crippen LogP contribution in [-0.4, -0.2) is 43.9 Å². The van der Waals surface area contributed by atoms with Crippen LogP contribution in [0.3, 0.4) is 0 Å². The molecule has 1 saturated heterocycles. The first kappa shape index (κ1) is 20.6. The third kappa shape index (κ3) is 4.09. The fourth-order valence-electron chi connectivity index (χ4n) is 4.77. The third-order valence-electron chi connectivity index (χ3n) is 6.23. The first-order valence-electron chi connectivity index (χ1n) is 10.9. The smallest absolute Gasteiger partial charge is 0.322 e. The monoisotopic (exact) mass is 441 g/mol. The zero-order valence-corrected chi connectivity index (χ0v) is 18.0. The van der Waals surface area contributed by atoms with Gasteiger partial charge in [-0.15, -0.1) is 5.10 Å². The van der Waals surface area contributed by atoms with Crippen molar-refractivity contribution in [1.29, 1.82) is 0 Å². The molecular formula is C22H25F2N7O. The molecule has 8 nitrogen and oxygen atoms in total. The van der Waals surface area contributed by atoms with Crippen LogP contribution in [0.25, 0.3) is 0 Å². The Morgan fingerprint density at radius 2 is 1.78 bits per heavy atom. The van der Waals surface area contributed by atoms with Gasteiger partial charge in [-0.05, 0) is 38.5 Å². The van der Waals surface area contributed by atoms with Gasteiger partial charge in [0.2, 0.25) is 5.95 Å². The molecule has 2 fully saturated rings. The molecule has 0 radical (unpaired) electrons. The van der Waals surface area contributed by atoms with Gasteiger partial charge in [0.05, 0.1) is 0 Å². The van der Waals surface area contributed by atoms with Crippen molar-refractivity contribution in [3.63, 3.8) is 0 Å². The summed E-state index contributed by atoms with van der Waals surface area (Å²) in [5.41, 5.74) is 0.961. The van der Waals surface area contributed by atoms with Crippen LogP contribution in [0.1, 0.15) is 25.5 Å². The van der Waals surface area contributed by atoms with Crippen LogP contribution in [0.4, 0.5) is 20.5 Å². The SMILES string of the molecule is CCn1nc(N[C@H]2[C@@H]3CC[C@H]2CN(c2cc(C)ncn2)C3)nc1Oc1cc(F)cc(F)c1. The quantitative estimate of drug-likeness (QED) is 0.623. The number of aromatic nitrogens is 5. The number of fused-ring (bicyclic) bond motifs is 2. The Hall–Kier alpha value is -3.30. The Morgan fingerprint density at radius 1 is 1.06 bits per heavy atom. The number of rotatable bonds is 6. The van der Waals surface area contributed by atoms with Gasteiger partial charge in [0.15, 0.2) is 0 Å². The molecule has 3 atom stereocenters. The predicted molar refractivity (Wildman–Crippen MR) is 115 cm³/mol. The Bertz CT molecular complexity index is 1090. The van der Waals surface area contributed by atoms with Crippen molar-refractivity contribution in [1.82, 2.24) is 24.7 Å². The predicted octanol–water partition coefficient (Wildman–Crippen LogP) is 3.79. The lowest BCUT2D eigenvalue weighted by Crippen LogP contribution is -2.48. The van der Waals surface area contributed by atoms with E-state index in [0.717, 1.165) is 55.6 Å². The Labute approximate surface area is 184 Å². The maximum absolute atomic E-state index is 13.5. The van der Waals surface area contributed by atoms with Crippen molar-refractivity contribution in [2.24, 2.45) is 11.8 Å². The molecule has 2 aromatic heterocycles. The number of nitrogens with one attached hydrogen (secondary N) is 1. The van der Waals surface area contributed by atoms with Crippen molar-refractivity contribution < 1.29 is 13.5 Å². The van der Waals surface area contributed by atoms with Gasteiger partial charge >= 0.3 is 6.01 Å². The molecule has 2 aliphatic rings. The first-order valence-corrected chi connectivity index (χ1v) is 10.9. The number of anilines is 2. The van der Waals surface area contributed by atoms with Gasteiger partial charge in [-0.1, -0.05) is 0 Å². The van der Waals surface area contributed by atoms with E-state index in [4.69, 9.17) is 4.74 Å². The van der Waals surface area contributed by atoms with E-state index in [9.17, 15) is 8.78 Å². The number of nitrogens with zero attached hydrogens (tertiary/aromatic N) is 6. The molecule has 32 heavy (non-hydrogen) atoms. The van der Waals surface area contributed by atoms with E-state index < -0.39 is 11.6 Å². The fourth-order valence-corrected chi connectivity index (χ4v) is 4.77. The van der Waals surface area contributed by atoms with Crippen LogP contribution >= 0.6 is 0 Å². The molecule has 0 spiro atoms. The highest BCUT2D eigenvalue weighted by Gasteiger charge is 2.43. The van der Waals surface area contributed by atoms with Gasteiger partial charge in [-0.3, -0.25) is 0 Å². The highest BCUT2D eigenvalue weighted by Crippen LogP contribution is 2.39.